The highest BCUT2D eigenvalue weighted by atomic mass is 19.1. The number of hydrogen-bond acceptors (Lipinski definition) is 5. The van der Waals surface area contributed by atoms with Gasteiger partial charge in [-0.15, -0.1) is 0 Å². The first-order valence-corrected chi connectivity index (χ1v) is 9.32. The number of aryl methyl sites for hydroxylation is 1. The van der Waals surface area contributed by atoms with Gasteiger partial charge >= 0.3 is 0 Å². The minimum absolute atomic E-state index is 0.0660. The van der Waals surface area contributed by atoms with Gasteiger partial charge in [-0.1, -0.05) is 5.16 Å². The highest BCUT2D eigenvalue weighted by molar-refractivity contribution is 5.98. The van der Waals surface area contributed by atoms with Gasteiger partial charge in [0.25, 0.3) is 5.91 Å². The quantitative estimate of drug-likeness (QED) is 0.714. The number of carbonyl (C=O) groups excluding carboxylic acids is 2. The van der Waals surface area contributed by atoms with Crippen molar-refractivity contribution in [1.82, 2.24) is 20.3 Å². The summed E-state index contributed by atoms with van der Waals surface area (Å²) in [5, 5.41) is 11.0. The molecule has 1 atom stereocenters. The van der Waals surface area contributed by atoms with E-state index >= 15 is 0 Å². The molecule has 1 N–H and O–H groups in total. The molecule has 8 nitrogen and oxygen atoms in total. The van der Waals surface area contributed by atoms with Gasteiger partial charge in [0.2, 0.25) is 11.7 Å². The molecule has 1 aliphatic rings. The zero-order chi connectivity index (χ0) is 20.5. The first kappa shape index (κ1) is 18.9. The van der Waals surface area contributed by atoms with Gasteiger partial charge in [-0.3, -0.25) is 14.3 Å². The third-order valence-electron chi connectivity index (χ3n) is 5.01. The summed E-state index contributed by atoms with van der Waals surface area (Å²) in [4.78, 5) is 26.3. The van der Waals surface area contributed by atoms with Gasteiger partial charge in [0.1, 0.15) is 11.5 Å². The van der Waals surface area contributed by atoms with Crippen LogP contribution < -0.4 is 10.2 Å². The Balaban J connectivity index is 1.43. The van der Waals surface area contributed by atoms with E-state index in [1.54, 1.807) is 24.4 Å². The Bertz CT molecular complexity index is 1060. The normalized spacial score (nSPS) is 16.4. The molecule has 0 aliphatic carbocycles. The van der Waals surface area contributed by atoms with Crippen LogP contribution in [0, 0.1) is 12.7 Å². The fourth-order valence-electron chi connectivity index (χ4n) is 3.46. The summed E-state index contributed by atoms with van der Waals surface area (Å²) < 4.78 is 20.1. The Labute approximate surface area is 166 Å². The van der Waals surface area contributed by atoms with E-state index in [0.717, 1.165) is 17.8 Å². The second kappa shape index (κ2) is 7.50. The first-order chi connectivity index (χ1) is 14.0. The lowest BCUT2D eigenvalue weighted by Gasteiger charge is -2.16. The smallest absolute Gasteiger partial charge is 0.290 e. The van der Waals surface area contributed by atoms with Crippen LogP contribution >= 0.6 is 0 Å². The number of nitrogens with one attached hydrogen (secondary N) is 1. The summed E-state index contributed by atoms with van der Waals surface area (Å²) in [5.41, 5.74) is 2.86. The summed E-state index contributed by atoms with van der Waals surface area (Å²) in [6.45, 7) is 4.95. The fraction of sp³-hybridized carbons (Fsp3) is 0.300. The van der Waals surface area contributed by atoms with Crippen LogP contribution in [-0.2, 0) is 11.3 Å². The number of aromatic nitrogens is 3. The second-order valence-corrected chi connectivity index (χ2v) is 6.89. The molecule has 2 amide bonds. The van der Waals surface area contributed by atoms with E-state index < -0.39 is 5.91 Å². The molecule has 0 bridgehead atoms. The molecule has 1 saturated heterocycles. The molecule has 0 spiro atoms. The van der Waals surface area contributed by atoms with Gasteiger partial charge < -0.3 is 14.7 Å². The maximum absolute atomic E-state index is 13.1. The molecular weight excluding hydrogens is 377 g/mol. The Hall–Kier alpha value is -3.49. The molecule has 1 aliphatic heterocycles. The van der Waals surface area contributed by atoms with Crippen LogP contribution in [0.25, 0.3) is 11.3 Å². The van der Waals surface area contributed by atoms with Crippen molar-refractivity contribution >= 4 is 17.5 Å². The second-order valence-electron chi connectivity index (χ2n) is 6.89. The molecule has 3 aromatic rings. The van der Waals surface area contributed by atoms with Crippen LogP contribution in [0.5, 0.6) is 0 Å². The van der Waals surface area contributed by atoms with Gasteiger partial charge in [-0.2, -0.15) is 5.10 Å². The van der Waals surface area contributed by atoms with Crippen molar-refractivity contribution in [3.05, 3.63) is 53.8 Å². The third-order valence-corrected chi connectivity index (χ3v) is 5.01. The van der Waals surface area contributed by atoms with Crippen molar-refractivity contribution in [1.29, 1.82) is 0 Å². The summed E-state index contributed by atoms with van der Waals surface area (Å²) in [6.07, 6.45) is 1.85. The number of nitrogens with zero attached hydrogens (tertiary/aromatic N) is 4. The minimum atomic E-state index is -0.442. The molecule has 29 heavy (non-hydrogen) atoms. The fourth-order valence-corrected chi connectivity index (χ4v) is 3.46. The number of benzene rings is 1. The Morgan fingerprint density at radius 2 is 2.10 bits per heavy atom. The molecule has 1 fully saturated rings. The maximum Gasteiger partial charge on any atom is 0.290 e. The van der Waals surface area contributed by atoms with Crippen LogP contribution in [0.15, 0.2) is 41.1 Å². The first-order valence-electron chi connectivity index (χ1n) is 9.32. The van der Waals surface area contributed by atoms with E-state index in [0.29, 0.717) is 17.9 Å². The van der Waals surface area contributed by atoms with E-state index in [4.69, 9.17) is 4.52 Å². The third kappa shape index (κ3) is 3.63. The van der Waals surface area contributed by atoms with Crippen LogP contribution in [0.4, 0.5) is 10.1 Å². The highest BCUT2D eigenvalue weighted by Crippen LogP contribution is 2.24. The molecule has 3 heterocycles. The van der Waals surface area contributed by atoms with E-state index in [-0.39, 0.29) is 29.9 Å². The van der Waals surface area contributed by atoms with Gasteiger partial charge in [0, 0.05) is 42.5 Å². The average molecular weight is 397 g/mol. The van der Waals surface area contributed by atoms with Crippen molar-refractivity contribution in [2.75, 3.05) is 11.4 Å². The predicted molar refractivity (Wildman–Crippen MR) is 103 cm³/mol. The Kier molecular flexibility index (Phi) is 4.87. The van der Waals surface area contributed by atoms with Crippen LogP contribution in [-0.4, -0.2) is 39.3 Å². The number of carbonyl (C=O) groups is 2. The van der Waals surface area contributed by atoms with Gasteiger partial charge in [0.05, 0.1) is 12.2 Å². The summed E-state index contributed by atoms with van der Waals surface area (Å²) in [7, 11) is 0. The lowest BCUT2D eigenvalue weighted by atomic mass is 10.2. The zero-order valence-electron chi connectivity index (χ0n) is 16.1. The Morgan fingerprint density at radius 1 is 1.34 bits per heavy atom. The molecule has 150 valence electrons. The predicted octanol–water partition coefficient (Wildman–Crippen LogP) is 2.54. The van der Waals surface area contributed by atoms with Crippen LogP contribution in [0.1, 0.15) is 29.6 Å². The van der Waals surface area contributed by atoms with Crippen LogP contribution in [0.2, 0.25) is 0 Å². The molecule has 9 heteroatoms. The van der Waals surface area contributed by atoms with Gasteiger partial charge in [0.15, 0.2) is 0 Å². The van der Waals surface area contributed by atoms with E-state index in [2.05, 4.69) is 15.6 Å². The van der Waals surface area contributed by atoms with E-state index in [9.17, 15) is 14.0 Å². The number of halogens is 1. The number of amides is 2. The van der Waals surface area contributed by atoms with Crippen molar-refractivity contribution in [2.45, 2.75) is 32.9 Å². The molecule has 4 rings (SSSR count). The lowest BCUT2D eigenvalue weighted by Crippen LogP contribution is -2.37. The zero-order valence-corrected chi connectivity index (χ0v) is 16.1. The largest absolute Gasteiger partial charge is 0.350 e. The van der Waals surface area contributed by atoms with Crippen molar-refractivity contribution in [3.8, 4) is 11.3 Å². The van der Waals surface area contributed by atoms with Crippen molar-refractivity contribution < 1.29 is 18.5 Å². The molecule has 0 radical (unpaired) electrons. The number of anilines is 1. The van der Waals surface area contributed by atoms with Gasteiger partial charge in [-0.05, 0) is 38.1 Å². The lowest BCUT2D eigenvalue weighted by molar-refractivity contribution is -0.117. The minimum Gasteiger partial charge on any atom is -0.350 e. The topological polar surface area (TPSA) is 93.3 Å². The molecule has 2 aromatic heterocycles. The Morgan fingerprint density at radius 3 is 2.79 bits per heavy atom. The average Bonchev–Trinajstić information content (AvgIpc) is 3.41. The number of hydrogen-bond donors (Lipinski definition) is 1. The van der Waals surface area contributed by atoms with Crippen LogP contribution in [0.3, 0.4) is 0 Å². The van der Waals surface area contributed by atoms with Crippen molar-refractivity contribution in [2.24, 2.45) is 0 Å². The standard InChI is InChI=1S/C20H20FN5O3/c1-3-26-12(2)16(10-22-26)17-9-18(29-24-17)20(28)23-14-8-19(27)25(11-14)15-6-4-13(21)5-7-15/h4-7,9-10,14H,3,8,11H2,1-2H3,(H,23,28). The summed E-state index contributed by atoms with van der Waals surface area (Å²) in [6, 6.07) is 6.87. The van der Waals surface area contributed by atoms with Crippen molar-refractivity contribution in [3.63, 3.8) is 0 Å². The molecule has 1 unspecified atom stereocenters. The van der Waals surface area contributed by atoms with Gasteiger partial charge in [-0.25, -0.2) is 4.39 Å². The maximum atomic E-state index is 13.1. The summed E-state index contributed by atoms with van der Waals surface area (Å²) in [5.74, 6) is -0.881. The van der Waals surface area contributed by atoms with E-state index in [1.165, 1.54) is 17.0 Å². The highest BCUT2D eigenvalue weighted by Gasteiger charge is 2.32. The molecular formula is C20H20FN5O3. The monoisotopic (exact) mass is 397 g/mol. The molecule has 1 aromatic carbocycles. The van der Waals surface area contributed by atoms with E-state index in [1.807, 2.05) is 18.5 Å². The SMILES string of the molecule is CCn1ncc(-c2cc(C(=O)NC3CC(=O)N(c4ccc(F)cc4)C3)on2)c1C. The summed E-state index contributed by atoms with van der Waals surface area (Å²) >= 11 is 0. The number of rotatable bonds is 5. The molecule has 0 saturated carbocycles.